The van der Waals surface area contributed by atoms with Crippen molar-refractivity contribution in [2.24, 2.45) is 0 Å². The number of furan rings is 1. The maximum atomic E-state index is 7.23. The summed E-state index contributed by atoms with van der Waals surface area (Å²) in [5.41, 5.74) is 10.2. The molecule has 0 bridgehead atoms. The number of hydrogen-bond acceptors (Lipinski definition) is 3. The predicted molar refractivity (Wildman–Crippen MR) is 193 cm³/mol. The third kappa shape index (κ3) is 6.92. The molecule has 0 amide bonds. The molecule has 4 heteroatoms. The molecule has 48 heavy (non-hydrogen) atoms. The van der Waals surface area contributed by atoms with Crippen LogP contribution < -0.4 is 0 Å². The second kappa shape index (κ2) is 14.3. The number of aryl methyl sites for hydroxylation is 1. The molecule has 5 aromatic carbocycles. The summed E-state index contributed by atoms with van der Waals surface area (Å²) in [4.78, 5) is 8.82. The summed E-state index contributed by atoms with van der Waals surface area (Å²) in [5.74, 6) is 0. The Bertz CT molecular complexity index is 2370. The van der Waals surface area contributed by atoms with Gasteiger partial charge in [0.05, 0.1) is 5.58 Å². The van der Waals surface area contributed by atoms with E-state index in [2.05, 4.69) is 122 Å². The summed E-state index contributed by atoms with van der Waals surface area (Å²) in [5, 5.41) is 2.18. The molecule has 0 aliphatic heterocycles. The molecule has 0 unspecified atom stereocenters. The molecule has 0 saturated heterocycles. The summed E-state index contributed by atoms with van der Waals surface area (Å²) in [6.07, 6.45) is 3.29. The predicted octanol–water partition coefficient (Wildman–Crippen LogP) is 11.3. The number of pyridine rings is 2. The number of aromatic nitrogens is 2. The largest absolute Gasteiger partial charge is 0.500 e. The summed E-state index contributed by atoms with van der Waals surface area (Å²) in [7, 11) is 0. The van der Waals surface area contributed by atoms with E-state index in [4.69, 9.17) is 13.5 Å². The first-order chi connectivity index (χ1) is 24.2. The molecule has 3 heterocycles. The Morgan fingerprint density at radius 1 is 0.625 bits per heavy atom. The molecule has 0 fully saturated rings. The van der Waals surface area contributed by atoms with Crippen LogP contribution in [0.5, 0.6) is 0 Å². The molecule has 0 atom stereocenters. The molecule has 8 aromatic rings. The molecule has 3 nitrogen and oxygen atoms in total. The van der Waals surface area contributed by atoms with Crippen LogP contribution in [0.1, 0.15) is 34.7 Å². The van der Waals surface area contributed by atoms with Crippen molar-refractivity contribution < 1.29 is 28.6 Å². The zero-order chi connectivity index (χ0) is 34.7. The van der Waals surface area contributed by atoms with Gasteiger partial charge in [0.1, 0.15) is 5.58 Å². The Labute approximate surface area is 299 Å². The van der Waals surface area contributed by atoms with Crippen LogP contribution >= 0.6 is 0 Å². The molecule has 0 spiro atoms. The van der Waals surface area contributed by atoms with E-state index in [1.807, 2.05) is 36.5 Å². The van der Waals surface area contributed by atoms with E-state index in [1.165, 1.54) is 28.5 Å². The van der Waals surface area contributed by atoms with Crippen molar-refractivity contribution in [2.45, 2.75) is 26.1 Å². The minimum atomic E-state index is -2.09. The molecule has 0 saturated carbocycles. The molecule has 0 N–H and O–H groups in total. The summed E-state index contributed by atoms with van der Waals surface area (Å²) < 4.78 is 27.8. The maximum Gasteiger partial charge on any atom is 0.121 e. The maximum absolute atomic E-state index is 7.23. The van der Waals surface area contributed by atoms with Gasteiger partial charge in [0, 0.05) is 47.4 Å². The molecule has 3 aromatic heterocycles. The zero-order valence-electron chi connectivity index (χ0n) is 29.6. The Hall–Kier alpha value is -5.15. The Morgan fingerprint density at radius 2 is 1.40 bits per heavy atom. The normalized spacial score (nSPS) is 12.2. The second-order valence-electron chi connectivity index (χ2n) is 11.9. The Morgan fingerprint density at radius 3 is 2.12 bits per heavy atom. The van der Waals surface area contributed by atoms with Gasteiger partial charge in [-0.15, -0.1) is 59.7 Å². The smallest absolute Gasteiger partial charge is 0.121 e. The van der Waals surface area contributed by atoms with Gasteiger partial charge in [-0.2, -0.15) is 0 Å². The van der Waals surface area contributed by atoms with Crippen LogP contribution in [-0.2, 0) is 25.5 Å². The average Bonchev–Trinajstić information content (AvgIpc) is 3.53. The second-order valence-corrected chi connectivity index (χ2v) is 11.9. The van der Waals surface area contributed by atoms with Crippen LogP contribution in [0.2, 0.25) is 0 Å². The van der Waals surface area contributed by atoms with Crippen LogP contribution in [0, 0.1) is 19.0 Å². The fraction of sp³-hybridized carbons (Fsp3) is 0.0909. The van der Waals surface area contributed by atoms with Crippen LogP contribution in [0.15, 0.2) is 156 Å². The van der Waals surface area contributed by atoms with Crippen molar-refractivity contribution in [1.29, 1.82) is 0 Å². The molecular weight excluding hydrogens is 765 g/mol. The number of hydrogen-bond donors (Lipinski definition) is 0. The first-order valence-electron chi connectivity index (χ1n) is 17.1. The number of fused-ring (bicyclic) bond motifs is 3. The van der Waals surface area contributed by atoms with Crippen molar-refractivity contribution in [3.8, 4) is 33.6 Å². The van der Waals surface area contributed by atoms with Gasteiger partial charge in [-0.1, -0.05) is 104 Å². The van der Waals surface area contributed by atoms with Gasteiger partial charge in [-0.05, 0) is 64.3 Å². The van der Waals surface area contributed by atoms with Crippen LogP contribution in [0.3, 0.4) is 0 Å². The van der Waals surface area contributed by atoms with E-state index >= 15 is 0 Å². The van der Waals surface area contributed by atoms with Crippen LogP contribution in [0.25, 0.3) is 55.6 Å². The van der Waals surface area contributed by atoms with Crippen molar-refractivity contribution in [2.75, 3.05) is 0 Å². The fourth-order valence-corrected chi connectivity index (χ4v) is 5.77. The molecule has 0 aliphatic carbocycles. The number of rotatable bonds is 5. The van der Waals surface area contributed by atoms with Gasteiger partial charge in [0.2, 0.25) is 0 Å². The van der Waals surface area contributed by atoms with Gasteiger partial charge in [-0.25, -0.2) is 0 Å². The van der Waals surface area contributed by atoms with Crippen molar-refractivity contribution in [1.82, 2.24) is 9.97 Å². The standard InChI is InChI=1S/C32H24NO.C12H10N.Ir/c1-32(2,25-11-7-4-8-12-25)26-17-18-33-29(21-26)24-14-16-31-28(20-24)27-19-23(13-15-30(27)34-31)22-9-5-3-6-10-22;1-10-7-8-12(13-9-10)11-5-3-2-4-6-11;/h3-13,15-21H,1-2H3;2-5,7-9H,1H3;/q2*-1;/i;1D3;. The monoisotopic (exact) mass is 802 g/mol. The zero-order valence-corrected chi connectivity index (χ0v) is 29.0. The van der Waals surface area contributed by atoms with E-state index in [1.54, 1.807) is 18.2 Å². The Kier molecular flexibility index (Phi) is 8.65. The van der Waals surface area contributed by atoms with Crippen LogP contribution in [0.4, 0.5) is 0 Å². The quantitative estimate of drug-likeness (QED) is 0.163. The topological polar surface area (TPSA) is 38.9 Å². The van der Waals surface area contributed by atoms with Crippen LogP contribution in [-0.4, -0.2) is 9.97 Å². The molecular formula is C44H34IrN2O-2. The summed E-state index contributed by atoms with van der Waals surface area (Å²) in [6, 6.07) is 53.0. The minimum Gasteiger partial charge on any atom is -0.500 e. The Balaban J connectivity index is 0.000000222. The van der Waals surface area contributed by atoms with E-state index in [0.717, 1.165) is 44.5 Å². The summed E-state index contributed by atoms with van der Waals surface area (Å²) >= 11 is 0. The third-order valence-electron chi connectivity index (χ3n) is 8.51. The van der Waals surface area contributed by atoms with E-state index in [9.17, 15) is 0 Å². The minimum absolute atomic E-state index is 0. The van der Waals surface area contributed by atoms with E-state index in [0.29, 0.717) is 0 Å². The van der Waals surface area contributed by atoms with E-state index in [-0.39, 0.29) is 31.1 Å². The van der Waals surface area contributed by atoms with Gasteiger partial charge >= 0.3 is 0 Å². The van der Waals surface area contributed by atoms with Gasteiger partial charge in [0.25, 0.3) is 0 Å². The number of benzene rings is 5. The molecule has 1 radical (unpaired) electrons. The summed E-state index contributed by atoms with van der Waals surface area (Å²) in [6.45, 7) is 2.41. The third-order valence-corrected chi connectivity index (χ3v) is 8.51. The SMILES string of the molecule is CC(C)(c1ccccc1)c1ccnc(-c2[c-]cc3oc4ccc(-c5ccccc5)cc4c3c2)c1.[2H]C([2H])([2H])c1ccc(-c2[c-]cccc2)nc1.[Ir]. The average molecular weight is 802 g/mol. The van der Waals surface area contributed by atoms with Gasteiger partial charge in [-0.3, -0.25) is 0 Å². The molecule has 0 aliphatic rings. The van der Waals surface area contributed by atoms with Crippen molar-refractivity contribution in [3.05, 3.63) is 181 Å². The molecule has 237 valence electrons. The number of nitrogens with zero attached hydrogens (tertiary/aromatic N) is 2. The first kappa shape index (κ1) is 29.0. The van der Waals surface area contributed by atoms with Gasteiger partial charge in [0.15, 0.2) is 0 Å². The van der Waals surface area contributed by atoms with E-state index < -0.39 is 6.85 Å². The fourth-order valence-electron chi connectivity index (χ4n) is 5.77. The van der Waals surface area contributed by atoms with Gasteiger partial charge < -0.3 is 14.4 Å². The first-order valence-corrected chi connectivity index (χ1v) is 15.6. The van der Waals surface area contributed by atoms with Crippen molar-refractivity contribution >= 4 is 21.9 Å². The van der Waals surface area contributed by atoms with Crippen molar-refractivity contribution in [3.63, 3.8) is 0 Å². The molecule has 8 rings (SSSR count).